The van der Waals surface area contributed by atoms with Crippen LogP contribution in [0.3, 0.4) is 0 Å². The molecule has 2 aliphatic rings. The highest BCUT2D eigenvalue weighted by Crippen LogP contribution is 2.33. The Morgan fingerprint density at radius 2 is 2.11 bits per heavy atom. The van der Waals surface area contributed by atoms with E-state index in [2.05, 4.69) is 35.0 Å². The molecule has 0 N–H and O–H groups in total. The number of fused-ring (bicyclic) bond motifs is 2. The van der Waals surface area contributed by atoms with Gasteiger partial charge in [-0.1, -0.05) is 11.6 Å². The molecule has 1 fully saturated rings. The molecule has 1 aliphatic carbocycles. The monoisotopic (exact) mass is 391 g/mol. The second kappa shape index (κ2) is 7.28. The molecule has 0 bridgehead atoms. The molecular weight excluding hydrogens is 366 g/mol. The zero-order valence-electron chi connectivity index (χ0n) is 16.3. The number of piperidine rings is 1. The lowest BCUT2D eigenvalue weighted by molar-refractivity contribution is 0.0707. The molecule has 5 heteroatoms. The van der Waals surface area contributed by atoms with Crippen LogP contribution >= 0.6 is 11.3 Å². The normalized spacial score (nSPS) is 19.6. The number of thiazole rings is 1. The number of benzene rings is 1. The van der Waals surface area contributed by atoms with Crippen molar-refractivity contribution in [3.63, 3.8) is 0 Å². The van der Waals surface area contributed by atoms with E-state index >= 15 is 0 Å². The number of aryl methyl sites for hydroxylation is 2. The topological polar surface area (TPSA) is 46.1 Å². The number of hydrogen-bond acceptors (Lipinski definition) is 4. The van der Waals surface area contributed by atoms with Crippen molar-refractivity contribution in [3.05, 3.63) is 57.2 Å². The van der Waals surface area contributed by atoms with Gasteiger partial charge in [-0.2, -0.15) is 0 Å². The molecule has 3 heterocycles. The Hall–Kier alpha value is -2.27. The van der Waals surface area contributed by atoms with E-state index in [-0.39, 0.29) is 5.91 Å². The van der Waals surface area contributed by atoms with Gasteiger partial charge in [-0.25, -0.2) is 4.98 Å². The third-order valence-electron chi connectivity index (χ3n) is 6.14. The van der Waals surface area contributed by atoms with Crippen LogP contribution in [-0.4, -0.2) is 33.9 Å². The highest BCUT2D eigenvalue weighted by atomic mass is 32.1. The first-order valence-corrected chi connectivity index (χ1v) is 11.2. The second-order valence-electron chi connectivity index (χ2n) is 8.10. The summed E-state index contributed by atoms with van der Waals surface area (Å²) < 4.78 is 0. The number of carbonyl (C=O) groups is 1. The third-order valence-corrected chi connectivity index (χ3v) is 7.08. The molecule has 4 nitrogen and oxygen atoms in total. The van der Waals surface area contributed by atoms with Crippen molar-refractivity contribution in [3.8, 4) is 0 Å². The number of hydrogen-bond donors (Lipinski definition) is 0. The Kier molecular flexibility index (Phi) is 4.63. The molecule has 0 saturated carbocycles. The van der Waals surface area contributed by atoms with Gasteiger partial charge in [-0.15, -0.1) is 11.3 Å². The molecule has 1 amide bonds. The molecule has 1 atom stereocenters. The summed E-state index contributed by atoms with van der Waals surface area (Å²) in [5.74, 6) is 0.556. The predicted octanol–water partition coefficient (Wildman–Crippen LogP) is 4.90. The van der Waals surface area contributed by atoms with Crippen molar-refractivity contribution in [2.75, 3.05) is 13.1 Å². The fourth-order valence-electron chi connectivity index (χ4n) is 4.74. The predicted molar refractivity (Wildman–Crippen MR) is 113 cm³/mol. The lowest BCUT2D eigenvalue weighted by Crippen LogP contribution is -2.40. The van der Waals surface area contributed by atoms with Gasteiger partial charge in [0.1, 0.15) is 0 Å². The van der Waals surface area contributed by atoms with Crippen molar-refractivity contribution in [2.45, 2.75) is 51.4 Å². The molecular formula is C23H25N3OS. The van der Waals surface area contributed by atoms with E-state index in [1.165, 1.54) is 17.5 Å². The van der Waals surface area contributed by atoms with Crippen LogP contribution in [0.2, 0.25) is 0 Å². The summed E-state index contributed by atoms with van der Waals surface area (Å²) in [5.41, 5.74) is 5.40. The average molecular weight is 392 g/mol. The van der Waals surface area contributed by atoms with Crippen LogP contribution in [-0.2, 0) is 12.8 Å². The van der Waals surface area contributed by atoms with Crippen molar-refractivity contribution in [2.24, 2.45) is 0 Å². The molecule has 2 aromatic heterocycles. The highest BCUT2D eigenvalue weighted by molar-refractivity contribution is 7.09. The number of pyridine rings is 1. The number of amides is 1. The summed E-state index contributed by atoms with van der Waals surface area (Å²) in [4.78, 5) is 25.3. The molecule has 5 rings (SSSR count). The van der Waals surface area contributed by atoms with Crippen molar-refractivity contribution >= 4 is 28.1 Å². The zero-order chi connectivity index (χ0) is 19.1. The molecule has 1 aliphatic heterocycles. The van der Waals surface area contributed by atoms with Crippen molar-refractivity contribution < 1.29 is 4.79 Å². The third kappa shape index (κ3) is 3.12. The van der Waals surface area contributed by atoms with Gasteiger partial charge in [0.15, 0.2) is 0 Å². The standard InChI is InChI=1S/C23H25N3OS/c1-15-8-9-20-18(13-15)21(17-6-2-3-7-19(17)25-20)23(27)26-11-4-5-16(14-26)22-24-10-12-28-22/h8-10,12-13,16H,2-7,11,14H2,1H3. The van der Waals surface area contributed by atoms with Gasteiger partial charge < -0.3 is 4.90 Å². The lowest BCUT2D eigenvalue weighted by Gasteiger charge is -2.33. The number of carbonyl (C=O) groups excluding carboxylic acids is 1. The SMILES string of the molecule is Cc1ccc2nc3c(c(C(=O)N4CCCC(c5nccs5)C4)c2c1)CCCC3. The van der Waals surface area contributed by atoms with Crippen LogP contribution in [0.15, 0.2) is 29.8 Å². The van der Waals surface area contributed by atoms with Gasteiger partial charge in [0.25, 0.3) is 5.91 Å². The molecule has 1 aromatic carbocycles. The minimum Gasteiger partial charge on any atom is -0.338 e. The minimum absolute atomic E-state index is 0.192. The maximum atomic E-state index is 13.8. The summed E-state index contributed by atoms with van der Waals surface area (Å²) in [6.07, 6.45) is 8.30. The molecule has 0 radical (unpaired) electrons. The number of likely N-dealkylation sites (tertiary alicyclic amines) is 1. The van der Waals surface area contributed by atoms with Crippen LogP contribution in [0.5, 0.6) is 0 Å². The first-order valence-electron chi connectivity index (χ1n) is 10.3. The Balaban J connectivity index is 1.57. The first kappa shape index (κ1) is 17.8. The van der Waals surface area contributed by atoms with Crippen LogP contribution in [0.25, 0.3) is 10.9 Å². The fourth-order valence-corrected chi connectivity index (χ4v) is 5.51. The van der Waals surface area contributed by atoms with E-state index in [0.717, 1.165) is 72.4 Å². The summed E-state index contributed by atoms with van der Waals surface area (Å²) in [7, 11) is 0. The lowest BCUT2D eigenvalue weighted by atomic mass is 9.88. The van der Waals surface area contributed by atoms with Crippen molar-refractivity contribution in [1.82, 2.24) is 14.9 Å². The zero-order valence-corrected chi connectivity index (χ0v) is 17.1. The van der Waals surface area contributed by atoms with Crippen LogP contribution in [0, 0.1) is 6.92 Å². The largest absolute Gasteiger partial charge is 0.338 e. The van der Waals surface area contributed by atoms with Crippen LogP contribution in [0.4, 0.5) is 0 Å². The Bertz CT molecular complexity index is 1030. The van der Waals surface area contributed by atoms with Gasteiger partial charge in [0.2, 0.25) is 0 Å². The second-order valence-corrected chi connectivity index (χ2v) is 9.03. The van der Waals surface area contributed by atoms with E-state index < -0.39 is 0 Å². The Labute approximate surface area is 169 Å². The molecule has 1 unspecified atom stereocenters. The summed E-state index contributed by atoms with van der Waals surface area (Å²) >= 11 is 1.71. The van der Waals surface area contributed by atoms with E-state index in [1.54, 1.807) is 11.3 Å². The van der Waals surface area contributed by atoms with E-state index in [4.69, 9.17) is 4.98 Å². The Morgan fingerprint density at radius 3 is 2.96 bits per heavy atom. The molecule has 144 valence electrons. The van der Waals surface area contributed by atoms with Crippen LogP contribution < -0.4 is 0 Å². The van der Waals surface area contributed by atoms with Gasteiger partial charge in [0, 0.05) is 41.7 Å². The minimum atomic E-state index is 0.192. The quantitative estimate of drug-likeness (QED) is 0.624. The molecule has 28 heavy (non-hydrogen) atoms. The van der Waals surface area contributed by atoms with E-state index in [0.29, 0.717) is 5.92 Å². The number of nitrogens with zero attached hydrogens (tertiary/aromatic N) is 3. The van der Waals surface area contributed by atoms with Gasteiger partial charge in [0.05, 0.1) is 16.1 Å². The Morgan fingerprint density at radius 1 is 1.21 bits per heavy atom. The van der Waals surface area contributed by atoms with E-state index in [1.807, 2.05) is 11.6 Å². The van der Waals surface area contributed by atoms with Gasteiger partial charge in [-0.05, 0) is 63.1 Å². The van der Waals surface area contributed by atoms with Crippen LogP contribution in [0.1, 0.15) is 63.8 Å². The summed E-state index contributed by atoms with van der Waals surface area (Å²) in [6.45, 7) is 3.70. The van der Waals surface area contributed by atoms with E-state index in [9.17, 15) is 4.79 Å². The number of aromatic nitrogens is 2. The summed E-state index contributed by atoms with van der Waals surface area (Å²) in [5, 5.41) is 4.23. The molecule has 1 saturated heterocycles. The van der Waals surface area contributed by atoms with Gasteiger partial charge in [-0.3, -0.25) is 9.78 Å². The number of rotatable bonds is 2. The maximum Gasteiger partial charge on any atom is 0.254 e. The summed E-state index contributed by atoms with van der Waals surface area (Å²) in [6, 6.07) is 6.32. The molecule has 3 aromatic rings. The smallest absolute Gasteiger partial charge is 0.254 e. The maximum absolute atomic E-state index is 13.8. The van der Waals surface area contributed by atoms with Crippen molar-refractivity contribution in [1.29, 1.82) is 0 Å². The first-order chi connectivity index (χ1) is 13.7. The van der Waals surface area contributed by atoms with Gasteiger partial charge >= 0.3 is 0 Å². The fraction of sp³-hybridized carbons (Fsp3) is 0.435. The molecule has 0 spiro atoms. The average Bonchev–Trinajstić information content (AvgIpc) is 3.27. The highest BCUT2D eigenvalue weighted by Gasteiger charge is 2.30.